The van der Waals surface area contributed by atoms with Crippen LogP contribution in [0.25, 0.3) is 50.7 Å². The number of benzene rings is 9. The topological polar surface area (TPSA) is 367 Å². The Kier molecular flexibility index (Phi) is 46.5. The normalized spacial score (nSPS) is 10.2. The number of sulfone groups is 1. The number of hydrogen-bond donors (Lipinski definition) is 3. The van der Waals surface area contributed by atoms with Crippen molar-refractivity contribution in [1.29, 1.82) is 0 Å². The van der Waals surface area contributed by atoms with E-state index in [2.05, 4.69) is 195 Å². The van der Waals surface area contributed by atoms with Crippen molar-refractivity contribution in [2.24, 2.45) is 5.73 Å². The molecule has 15 rings (SSSR count). The van der Waals surface area contributed by atoms with E-state index in [-0.39, 0.29) is 84.6 Å². The molecule has 0 radical (unpaired) electrons. The molecule has 0 spiro atoms. The second-order valence-electron chi connectivity index (χ2n) is 29.4. The van der Waals surface area contributed by atoms with Gasteiger partial charge in [0, 0.05) is 92.2 Å². The average Bonchev–Trinajstić information content (AvgIpc) is 1.64. The van der Waals surface area contributed by atoms with Crippen LogP contribution in [0, 0.1) is 122 Å². The summed E-state index contributed by atoms with van der Waals surface area (Å²) in [6, 6.07) is 63.7. The molecular weight excluding hydrogens is 1920 g/mol. The van der Waals surface area contributed by atoms with Crippen LogP contribution in [0.4, 0.5) is 0 Å². The number of aliphatic hydroxyl groups excluding tert-OH is 1. The number of ketones is 3. The third-order valence-corrected chi connectivity index (χ3v) is 22.3. The molecular formula is C97H108Br3N16NaO11S3. The van der Waals surface area contributed by atoms with Crippen molar-refractivity contribution in [3.63, 3.8) is 0 Å². The number of imide groups is 1. The number of amides is 2. The molecule has 2 amide bonds. The fraction of sp³-hybridized carbons (Fsp3) is 0.247. The van der Waals surface area contributed by atoms with E-state index < -0.39 is 9.84 Å². The molecule has 131 heavy (non-hydrogen) atoms. The average molecular weight is 2030 g/mol. The number of hydrogen-bond acceptors (Lipinski definition) is 23. The Bertz CT molecular complexity index is 6420. The largest absolute Gasteiger partial charge is 1.00 e. The maximum Gasteiger partial charge on any atom is 1.00 e. The van der Waals surface area contributed by atoms with Crippen molar-refractivity contribution in [2.45, 2.75) is 148 Å². The quantitative estimate of drug-likeness (QED) is 0.0169. The predicted octanol–water partition coefficient (Wildman–Crippen LogP) is 18.5. The molecule has 0 saturated carbocycles. The number of aliphatic hydroxyl groups is 1. The van der Waals surface area contributed by atoms with Gasteiger partial charge in [-0.2, -0.15) is 5.10 Å². The number of nitrogens with zero attached hydrogens (tertiary/aromatic N) is 14. The maximum absolute atomic E-state index is 11.7. The monoisotopic (exact) mass is 2030 g/mol. The summed E-state index contributed by atoms with van der Waals surface area (Å²) in [5.74, 6) is 5.66. The van der Waals surface area contributed by atoms with E-state index in [1.165, 1.54) is 33.4 Å². The SMILES string of the molecule is BrBr.CC(=O)c1ccccc1C.CSc1nnc(C)n1-c1ccc(C)c(C)c1.Cc1ccc(-n2c(C)n[nH]c2=S)cc1C.Cc1ccc(-n2c(C)nnc2OCc2ncc(-c3ccccc3C)o2)cc1C.Cc1ccc(-n2c(C)nnc2S(C)(=O)=O)cc1C.Cc1ccccc1-c1cnc(CO)o1.Cc1ccccc1C(=O)CBr.Cc1ccccc1C(=O)CN.O=C[N-]C=O.[Na+]. The number of halogens is 3. The maximum atomic E-state index is 11.7. The summed E-state index contributed by atoms with van der Waals surface area (Å²) in [5, 5.41) is 43.8. The van der Waals surface area contributed by atoms with Crippen LogP contribution in [-0.2, 0) is 32.6 Å². The Balaban J connectivity index is 0.000000267. The van der Waals surface area contributed by atoms with Gasteiger partial charge in [0.15, 0.2) is 45.4 Å². The molecule has 0 aliphatic carbocycles. The minimum absolute atomic E-state index is 0. The fourth-order valence-corrected chi connectivity index (χ4v) is 14.2. The number of rotatable bonds is 19. The first-order valence-corrected chi connectivity index (χ1v) is 48.8. The Morgan fingerprint density at radius 2 is 0.863 bits per heavy atom. The molecule has 0 fully saturated rings. The molecule has 0 bridgehead atoms. The predicted molar refractivity (Wildman–Crippen MR) is 527 cm³/mol. The molecule has 6 heterocycles. The molecule has 682 valence electrons. The Labute approximate surface area is 821 Å². The van der Waals surface area contributed by atoms with Crippen molar-refractivity contribution in [3.8, 4) is 51.4 Å². The Morgan fingerprint density at radius 1 is 0.489 bits per heavy atom. The Hall–Kier alpha value is -11.2. The Morgan fingerprint density at radius 3 is 1.23 bits per heavy atom. The number of nitrogens with one attached hydrogen (secondary N) is 1. The molecule has 0 aliphatic heterocycles. The molecule has 9 aromatic carbocycles. The number of nitrogens with two attached hydrogens (primary N) is 1. The van der Waals surface area contributed by atoms with E-state index in [4.69, 9.17) is 46.2 Å². The van der Waals surface area contributed by atoms with Gasteiger partial charge in [-0.25, -0.2) is 23.0 Å². The summed E-state index contributed by atoms with van der Waals surface area (Å²) in [5.41, 5.74) is 28.7. The van der Waals surface area contributed by atoms with Crippen LogP contribution in [-0.4, -0.2) is 137 Å². The van der Waals surface area contributed by atoms with Crippen LogP contribution >= 0.6 is 68.2 Å². The molecule has 15 aromatic rings. The standard InChI is InChI=1S/C22H22N4O2.C12H15N3O2S.C12H15N3S.C11H13N3S.C11H11NO2.C9H9BrO.C9H11NO.C9H10O.C2H3NO2.Br2.Na/c1-14-9-10-18(11-16(14)3)26-17(4)24-25-22(26)27-13-21-23-12-20(28-21)19-8-6-5-7-15(19)2;1-8-5-6-11(7-9(8)2)15-10(3)13-14-12(15)18(4,16)17;1-8-5-6-11(7-9(8)2)15-10(3)13-14-12(15)16-4;1-7-4-5-10(6-8(7)2)14-9(3)12-13-11(14)15;1-8-4-2-3-5-9(8)10-6-12-11(7-13)14-10;2*1-7-4-2-3-5-8(7)9(11)6-10;1-7-5-3-4-6-9(7)8(2)10;4-1-3-2-5;1-2;/h5-12H,13H2,1-4H3;5-7H,1-4H3;5-7H,1-4H3;4-6H,1-3H3,(H,13,15);2-6,13H,7H2,1H3;2-5H,6H2,1H3;2-5H,6,10H2,1H3;3-6H,1-2H3;1-2H,(H,3,4,5);;/q;;;;;;;;;;+1/p-1. The van der Waals surface area contributed by atoms with Crippen molar-refractivity contribution >= 4 is 108 Å². The number of Topliss-reactive ketones (excluding diaryl/α,β-unsaturated/α-hetero) is 3. The van der Waals surface area contributed by atoms with Crippen LogP contribution in [0.1, 0.15) is 145 Å². The molecule has 27 nitrogen and oxygen atoms in total. The van der Waals surface area contributed by atoms with Crippen molar-refractivity contribution in [2.75, 3.05) is 24.4 Å². The summed E-state index contributed by atoms with van der Waals surface area (Å²) < 4.78 is 48.5. The summed E-state index contributed by atoms with van der Waals surface area (Å²) in [4.78, 5) is 59.4. The van der Waals surface area contributed by atoms with Gasteiger partial charge in [-0.3, -0.25) is 33.2 Å². The zero-order chi connectivity index (χ0) is 96.1. The number of aromatic nitrogens is 14. The van der Waals surface area contributed by atoms with E-state index >= 15 is 0 Å². The van der Waals surface area contributed by atoms with Crippen molar-refractivity contribution in [1.82, 2.24) is 69.0 Å². The minimum atomic E-state index is -3.39. The zero-order valence-corrected chi connectivity index (χ0v) is 86.5. The zero-order valence-electron chi connectivity index (χ0n) is 77.3. The van der Waals surface area contributed by atoms with E-state index in [1.54, 1.807) is 48.6 Å². The van der Waals surface area contributed by atoms with Gasteiger partial charge in [-0.15, -0.1) is 25.5 Å². The van der Waals surface area contributed by atoms with Gasteiger partial charge in [0.05, 0.1) is 30.0 Å². The van der Waals surface area contributed by atoms with Gasteiger partial charge < -0.3 is 39.3 Å². The molecule has 4 N–H and O–H groups in total. The fourth-order valence-electron chi connectivity index (χ4n) is 12.3. The molecule has 0 aliphatic rings. The number of ether oxygens (including phenoxy) is 1. The van der Waals surface area contributed by atoms with Crippen LogP contribution < -0.4 is 40.0 Å². The van der Waals surface area contributed by atoms with Crippen molar-refractivity contribution < 1.29 is 80.6 Å². The summed E-state index contributed by atoms with van der Waals surface area (Å²) in [7, 11) is -3.39. The first-order valence-electron chi connectivity index (χ1n) is 40.4. The van der Waals surface area contributed by atoms with Crippen molar-refractivity contribution in [3.05, 3.63) is 341 Å². The number of thioether (sulfide) groups is 1. The molecule has 6 aromatic heterocycles. The number of aryl methyl sites for hydroxylation is 17. The first kappa shape index (κ1) is 110. The summed E-state index contributed by atoms with van der Waals surface area (Å²) in [6.07, 6.45) is 6.88. The van der Waals surface area contributed by atoms with Crippen LogP contribution in [0.2, 0.25) is 0 Å². The number of H-pyrrole nitrogens is 1. The van der Waals surface area contributed by atoms with Crippen LogP contribution in [0.5, 0.6) is 6.01 Å². The van der Waals surface area contributed by atoms with E-state index in [0.717, 1.165) is 124 Å². The summed E-state index contributed by atoms with van der Waals surface area (Å²) in [6.45, 7) is 35.7. The second-order valence-corrected chi connectivity index (χ2v) is 33.0. The van der Waals surface area contributed by atoms with E-state index in [0.29, 0.717) is 39.5 Å². The number of alkyl halides is 1. The van der Waals surface area contributed by atoms with Gasteiger partial charge in [0.25, 0.3) is 5.16 Å². The van der Waals surface area contributed by atoms with Crippen LogP contribution in [0.15, 0.2) is 226 Å². The second kappa shape index (κ2) is 55.2. The number of oxazole rings is 2. The molecule has 0 saturated heterocycles. The molecule has 34 heteroatoms. The van der Waals surface area contributed by atoms with Gasteiger partial charge in [0.1, 0.15) is 29.9 Å². The smallest absolute Gasteiger partial charge is 0.602 e. The summed E-state index contributed by atoms with van der Waals surface area (Å²) >= 11 is 15.4. The van der Waals surface area contributed by atoms with Gasteiger partial charge in [-0.05, 0) is 264 Å². The minimum Gasteiger partial charge on any atom is -0.602 e. The number of carbonyl (C=O) groups excluding carboxylic acids is 5. The van der Waals surface area contributed by atoms with Gasteiger partial charge >= 0.3 is 35.6 Å². The number of carbonyl (C=O) groups is 5. The van der Waals surface area contributed by atoms with E-state index in [9.17, 15) is 22.8 Å². The van der Waals surface area contributed by atoms with Crippen LogP contribution in [0.3, 0.4) is 0 Å². The first-order chi connectivity index (χ1) is 62.0. The van der Waals surface area contributed by atoms with Gasteiger partial charge in [0.2, 0.25) is 21.6 Å². The molecule has 0 atom stereocenters. The molecule has 0 unspecified atom stereocenters. The van der Waals surface area contributed by atoms with Gasteiger partial charge in [-0.1, -0.05) is 178 Å². The number of aromatic amines is 1. The third kappa shape index (κ3) is 32.6. The van der Waals surface area contributed by atoms with E-state index in [1.807, 2.05) is 224 Å². The third-order valence-electron chi connectivity index (χ3n) is 20.0.